The number of ether oxygens (including phenoxy) is 2. The molecule has 114 valence electrons. The van der Waals surface area contributed by atoms with Gasteiger partial charge in [-0.1, -0.05) is 42.5 Å². The maximum absolute atomic E-state index is 5.42. The third-order valence-electron chi connectivity index (χ3n) is 3.23. The molecule has 0 radical (unpaired) electrons. The molecular formula is C17H22ClNO2. The molecule has 2 aromatic carbocycles. The van der Waals surface area contributed by atoms with E-state index in [9.17, 15) is 0 Å². The van der Waals surface area contributed by atoms with Crippen LogP contribution in [0.15, 0.2) is 48.5 Å². The highest BCUT2D eigenvalue weighted by atomic mass is 35.5. The molecule has 0 aliphatic heterocycles. The Kier molecular flexibility index (Phi) is 7.65. The lowest BCUT2D eigenvalue weighted by Crippen LogP contribution is -2.17. The van der Waals surface area contributed by atoms with Crippen molar-refractivity contribution in [3.8, 4) is 11.5 Å². The van der Waals surface area contributed by atoms with Crippen LogP contribution in [-0.4, -0.2) is 20.8 Å². The second-order valence-electron chi connectivity index (χ2n) is 4.57. The molecule has 0 aliphatic carbocycles. The average Bonchev–Trinajstić information content (AvgIpc) is 2.52. The number of hydrogen-bond acceptors (Lipinski definition) is 3. The fourth-order valence-corrected chi connectivity index (χ4v) is 2.19. The molecule has 0 fully saturated rings. The van der Waals surface area contributed by atoms with Gasteiger partial charge in [-0.2, -0.15) is 0 Å². The van der Waals surface area contributed by atoms with E-state index in [0.29, 0.717) is 0 Å². The number of benzene rings is 2. The minimum absolute atomic E-state index is 0. The zero-order valence-electron chi connectivity index (χ0n) is 12.5. The fourth-order valence-electron chi connectivity index (χ4n) is 2.19. The van der Waals surface area contributed by atoms with Crippen LogP contribution >= 0.6 is 12.4 Å². The van der Waals surface area contributed by atoms with Crippen LogP contribution in [0.4, 0.5) is 0 Å². The van der Waals surface area contributed by atoms with E-state index in [1.807, 2.05) is 18.2 Å². The Balaban J connectivity index is 0.00000220. The van der Waals surface area contributed by atoms with E-state index in [1.54, 1.807) is 14.2 Å². The van der Waals surface area contributed by atoms with Crippen molar-refractivity contribution in [1.29, 1.82) is 0 Å². The Morgan fingerprint density at radius 2 is 1.67 bits per heavy atom. The smallest absolute Gasteiger partial charge is 0.165 e. The maximum Gasteiger partial charge on any atom is 0.165 e. The lowest BCUT2D eigenvalue weighted by atomic mass is 10.1. The van der Waals surface area contributed by atoms with Crippen LogP contribution in [0.1, 0.15) is 11.1 Å². The van der Waals surface area contributed by atoms with Gasteiger partial charge in [0.05, 0.1) is 14.2 Å². The van der Waals surface area contributed by atoms with E-state index in [2.05, 4.69) is 35.6 Å². The molecule has 21 heavy (non-hydrogen) atoms. The zero-order valence-corrected chi connectivity index (χ0v) is 13.3. The first-order valence-corrected chi connectivity index (χ1v) is 6.79. The number of halogens is 1. The van der Waals surface area contributed by atoms with E-state index < -0.39 is 0 Å². The van der Waals surface area contributed by atoms with E-state index in [0.717, 1.165) is 36.6 Å². The molecule has 0 spiro atoms. The summed E-state index contributed by atoms with van der Waals surface area (Å²) in [5, 5.41) is 3.44. The second-order valence-corrected chi connectivity index (χ2v) is 4.57. The normalized spacial score (nSPS) is 9.81. The van der Waals surface area contributed by atoms with Crippen LogP contribution in [0.5, 0.6) is 11.5 Å². The van der Waals surface area contributed by atoms with E-state index in [-0.39, 0.29) is 12.4 Å². The molecule has 0 unspecified atom stereocenters. The first-order valence-electron chi connectivity index (χ1n) is 6.79. The molecule has 0 aliphatic rings. The van der Waals surface area contributed by atoms with Gasteiger partial charge in [-0.05, 0) is 24.6 Å². The van der Waals surface area contributed by atoms with E-state index in [4.69, 9.17) is 9.47 Å². The molecular weight excluding hydrogens is 286 g/mol. The zero-order chi connectivity index (χ0) is 14.2. The average molecular weight is 308 g/mol. The van der Waals surface area contributed by atoms with Crippen molar-refractivity contribution < 1.29 is 9.47 Å². The van der Waals surface area contributed by atoms with Gasteiger partial charge in [-0.3, -0.25) is 0 Å². The lowest BCUT2D eigenvalue weighted by Gasteiger charge is -2.13. The quantitative estimate of drug-likeness (QED) is 0.795. The van der Waals surface area contributed by atoms with Gasteiger partial charge in [-0.25, -0.2) is 0 Å². The molecule has 2 rings (SSSR count). The third kappa shape index (κ3) is 4.96. The SMILES string of the molecule is COc1cccc(CNCCc2ccccc2)c1OC.Cl. The summed E-state index contributed by atoms with van der Waals surface area (Å²) < 4.78 is 10.7. The van der Waals surface area contributed by atoms with Gasteiger partial charge in [0.2, 0.25) is 0 Å². The first-order chi connectivity index (χ1) is 9.85. The van der Waals surface area contributed by atoms with Crippen LogP contribution in [0.25, 0.3) is 0 Å². The molecule has 4 heteroatoms. The van der Waals surface area contributed by atoms with Crippen LogP contribution < -0.4 is 14.8 Å². The predicted octanol–water partition coefficient (Wildman–Crippen LogP) is 3.46. The summed E-state index contributed by atoms with van der Waals surface area (Å²) >= 11 is 0. The van der Waals surface area contributed by atoms with Crippen LogP contribution in [0.2, 0.25) is 0 Å². The van der Waals surface area contributed by atoms with Gasteiger partial charge in [0.15, 0.2) is 11.5 Å². The number of hydrogen-bond donors (Lipinski definition) is 1. The van der Waals surface area contributed by atoms with Crippen molar-refractivity contribution in [2.24, 2.45) is 0 Å². The van der Waals surface area contributed by atoms with Crippen molar-refractivity contribution in [3.63, 3.8) is 0 Å². The number of para-hydroxylation sites is 1. The summed E-state index contributed by atoms with van der Waals surface area (Å²) in [7, 11) is 3.33. The largest absolute Gasteiger partial charge is 0.493 e. The summed E-state index contributed by atoms with van der Waals surface area (Å²) in [5.74, 6) is 1.58. The van der Waals surface area contributed by atoms with Crippen molar-refractivity contribution in [1.82, 2.24) is 5.32 Å². The Morgan fingerprint density at radius 3 is 2.33 bits per heavy atom. The lowest BCUT2D eigenvalue weighted by molar-refractivity contribution is 0.350. The van der Waals surface area contributed by atoms with Crippen LogP contribution in [-0.2, 0) is 13.0 Å². The van der Waals surface area contributed by atoms with Gasteiger partial charge in [0, 0.05) is 12.1 Å². The molecule has 0 atom stereocenters. The number of nitrogens with one attached hydrogen (secondary N) is 1. The Morgan fingerprint density at radius 1 is 0.905 bits per heavy atom. The van der Waals surface area contributed by atoms with Gasteiger partial charge >= 0.3 is 0 Å². The summed E-state index contributed by atoms with van der Waals surface area (Å²) in [6, 6.07) is 16.4. The minimum Gasteiger partial charge on any atom is -0.493 e. The van der Waals surface area contributed by atoms with Gasteiger partial charge < -0.3 is 14.8 Å². The summed E-state index contributed by atoms with van der Waals surface area (Å²) in [6.07, 6.45) is 1.02. The van der Waals surface area contributed by atoms with Gasteiger partial charge in [0.1, 0.15) is 0 Å². The fraction of sp³-hybridized carbons (Fsp3) is 0.294. The predicted molar refractivity (Wildman–Crippen MR) is 88.6 cm³/mol. The molecule has 0 bridgehead atoms. The monoisotopic (exact) mass is 307 g/mol. The van der Waals surface area contributed by atoms with Crippen LogP contribution in [0, 0.1) is 0 Å². The minimum atomic E-state index is 0. The molecule has 3 nitrogen and oxygen atoms in total. The van der Waals surface area contributed by atoms with E-state index >= 15 is 0 Å². The van der Waals surface area contributed by atoms with Gasteiger partial charge in [0.25, 0.3) is 0 Å². The summed E-state index contributed by atoms with van der Waals surface area (Å²) in [6.45, 7) is 1.71. The molecule has 0 amide bonds. The topological polar surface area (TPSA) is 30.5 Å². The van der Waals surface area contributed by atoms with Crippen molar-refractivity contribution in [2.45, 2.75) is 13.0 Å². The Hall–Kier alpha value is -1.71. The first kappa shape index (κ1) is 17.3. The van der Waals surface area contributed by atoms with Crippen molar-refractivity contribution >= 4 is 12.4 Å². The summed E-state index contributed by atoms with van der Waals surface area (Å²) in [4.78, 5) is 0. The van der Waals surface area contributed by atoms with Crippen molar-refractivity contribution in [2.75, 3.05) is 20.8 Å². The van der Waals surface area contributed by atoms with Gasteiger partial charge in [-0.15, -0.1) is 12.4 Å². The highest BCUT2D eigenvalue weighted by molar-refractivity contribution is 5.85. The molecule has 0 saturated heterocycles. The molecule has 0 heterocycles. The Bertz CT molecular complexity index is 532. The number of rotatable bonds is 7. The standard InChI is InChI=1S/C17H21NO2.ClH/c1-19-16-10-6-9-15(17(16)20-2)13-18-12-11-14-7-4-3-5-8-14;/h3-10,18H,11-13H2,1-2H3;1H. The van der Waals surface area contributed by atoms with E-state index in [1.165, 1.54) is 5.56 Å². The molecule has 1 N–H and O–H groups in total. The molecule has 0 saturated carbocycles. The third-order valence-corrected chi connectivity index (χ3v) is 3.23. The molecule has 0 aromatic heterocycles. The highest BCUT2D eigenvalue weighted by Crippen LogP contribution is 2.30. The second kappa shape index (κ2) is 9.27. The van der Waals surface area contributed by atoms with Crippen LogP contribution in [0.3, 0.4) is 0 Å². The highest BCUT2D eigenvalue weighted by Gasteiger charge is 2.08. The number of methoxy groups -OCH3 is 2. The van der Waals surface area contributed by atoms with Crippen molar-refractivity contribution in [3.05, 3.63) is 59.7 Å². The summed E-state index contributed by atoms with van der Waals surface area (Å²) in [5.41, 5.74) is 2.46. The Labute approximate surface area is 132 Å². The maximum atomic E-state index is 5.42. The molecule has 2 aromatic rings.